The Morgan fingerprint density at radius 1 is 1.50 bits per heavy atom. The van der Waals surface area contributed by atoms with E-state index in [1.807, 2.05) is 0 Å². The Bertz CT molecular complexity index is 632. The normalized spacial score (nSPS) is 20.1. The molecular formula is C12H14ClNO4S2. The molecule has 1 aromatic rings. The van der Waals surface area contributed by atoms with Crippen molar-refractivity contribution in [2.24, 2.45) is 0 Å². The van der Waals surface area contributed by atoms with Gasteiger partial charge in [0.05, 0.1) is 12.0 Å². The number of aryl methyl sites for hydroxylation is 1. The Balaban J connectivity index is 2.38. The van der Waals surface area contributed by atoms with E-state index < -0.39 is 21.4 Å². The third-order valence-corrected chi connectivity index (χ3v) is 6.58. The second-order valence-corrected chi connectivity index (χ2v) is 7.76. The number of ether oxygens (including phenoxy) is 1. The van der Waals surface area contributed by atoms with E-state index in [2.05, 4.69) is 4.74 Å². The van der Waals surface area contributed by atoms with Crippen LogP contribution in [0, 0.1) is 6.92 Å². The van der Waals surface area contributed by atoms with Gasteiger partial charge in [0.2, 0.25) is 10.0 Å². The van der Waals surface area contributed by atoms with Crippen LogP contribution in [0.15, 0.2) is 23.1 Å². The Hall–Kier alpha value is -0.760. The van der Waals surface area contributed by atoms with E-state index in [0.717, 1.165) is 9.87 Å². The van der Waals surface area contributed by atoms with Crippen LogP contribution in [0.2, 0.25) is 5.02 Å². The van der Waals surface area contributed by atoms with E-state index >= 15 is 0 Å². The monoisotopic (exact) mass is 335 g/mol. The van der Waals surface area contributed by atoms with Gasteiger partial charge in [-0.3, -0.25) is 0 Å². The summed E-state index contributed by atoms with van der Waals surface area (Å²) in [7, 11) is -2.51. The van der Waals surface area contributed by atoms with E-state index in [0.29, 0.717) is 10.8 Å². The number of halogens is 1. The zero-order valence-electron chi connectivity index (χ0n) is 11.0. The van der Waals surface area contributed by atoms with Crippen molar-refractivity contribution in [3.8, 4) is 0 Å². The van der Waals surface area contributed by atoms with Gasteiger partial charge in [-0.25, -0.2) is 13.2 Å². The molecule has 0 aliphatic carbocycles. The molecule has 0 spiro atoms. The first-order chi connectivity index (χ1) is 9.37. The van der Waals surface area contributed by atoms with E-state index in [1.54, 1.807) is 13.0 Å². The van der Waals surface area contributed by atoms with Crippen LogP contribution in [0.25, 0.3) is 0 Å². The van der Waals surface area contributed by atoms with Crippen molar-refractivity contribution in [1.29, 1.82) is 0 Å². The average Bonchev–Trinajstić information content (AvgIpc) is 2.90. The molecule has 2 rings (SSSR count). The van der Waals surface area contributed by atoms with Crippen molar-refractivity contribution in [2.75, 3.05) is 19.4 Å². The van der Waals surface area contributed by atoms with Crippen molar-refractivity contribution in [1.82, 2.24) is 4.31 Å². The lowest BCUT2D eigenvalue weighted by molar-refractivity contribution is -0.141. The molecule has 1 aromatic carbocycles. The molecule has 1 aliphatic rings. The van der Waals surface area contributed by atoms with E-state index in [4.69, 9.17) is 11.6 Å². The quantitative estimate of drug-likeness (QED) is 0.789. The van der Waals surface area contributed by atoms with Gasteiger partial charge in [-0.15, -0.1) is 11.8 Å². The van der Waals surface area contributed by atoms with Crippen LogP contribution in [-0.2, 0) is 19.6 Å². The van der Waals surface area contributed by atoms with Gasteiger partial charge in [0, 0.05) is 17.3 Å². The van der Waals surface area contributed by atoms with Crippen LogP contribution in [0.3, 0.4) is 0 Å². The smallest absolute Gasteiger partial charge is 0.334 e. The lowest BCUT2D eigenvalue weighted by Crippen LogP contribution is -2.39. The Labute approximate surface area is 127 Å². The van der Waals surface area contributed by atoms with E-state index in [-0.39, 0.29) is 11.4 Å². The summed E-state index contributed by atoms with van der Waals surface area (Å²) in [4.78, 5) is 11.7. The summed E-state index contributed by atoms with van der Waals surface area (Å²) in [6, 6.07) is 4.54. The Morgan fingerprint density at radius 3 is 2.80 bits per heavy atom. The first-order valence-electron chi connectivity index (χ1n) is 5.85. The summed E-state index contributed by atoms with van der Waals surface area (Å²) >= 11 is 7.22. The molecule has 20 heavy (non-hydrogen) atoms. The highest BCUT2D eigenvalue weighted by Gasteiger charge is 2.40. The van der Waals surface area contributed by atoms with Gasteiger partial charge in [-0.1, -0.05) is 17.7 Å². The number of hydrogen-bond donors (Lipinski definition) is 0. The summed E-state index contributed by atoms with van der Waals surface area (Å²) in [6.45, 7) is 2.07. The van der Waals surface area contributed by atoms with Crippen LogP contribution >= 0.6 is 23.4 Å². The molecule has 1 fully saturated rings. The molecule has 0 saturated carbocycles. The zero-order valence-corrected chi connectivity index (χ0v) is 13.4. The molecule has 8 heteroatoms. The molecule has 1 unspecified atom stereocenters. The molecule has 1 aliphatic heterocycles. The Morgan fingerprint density at radius 2 is 2.20 bits per heavy atom. The van der Waals surface area contributed by atoms with Crippen LogP contribution in [0.5, 0.6) is 0 Å². The van der Waals surface area contributed by atoms with Gasteiger partial charge < -0.3 is 4.74 Å². The van der Waals surface area contributed by atoms with Crippen LogP contribution in [0.1, 0.15) is 5.56 Å². The first-order valence-corrected chi connectivity index (χ1v) is 8.72. The minimum Gasteiger partial charge on any atom is -0.467 e. The molecule has 1 atom stereocenters. The number of nitrogens with zero attached hydrogens (tertiary/aromatic N) is 1. The summed E-state index contributed by atoms with van der Waals surface area (Å²) in [5.41, 5.74) is 0.797. The van der Waals surface area contributed by atoms with Crippen LogP contribution in [-0.4, -0.2) is 43.5 Å². The molecular weight excluding hydrogens is 322 g/mol. The van der Waals surface area contributed by atoms with Crippen molar-refractivity contribution < 1.29 is 17.9 Å². The number of hydrogen-bond acceptors (Lipinski definition) is 5. The maximum Gasteiger partial charge on any atom is 0.334 e. The topological polar surface area (TPSA) is 63.7 Å². The SMILES string of the molecule is COC(=O)C1SCCN1S(=O)(=O)c1ccc(C)c(Cl)c1. The lowest BCUT2D eigenvalue weighted by atomic mass is 10.2. The fourth-order valence-electron chi connectivity index (χ4n) is 1.86. The number of sulfonamides is 1. The second kappa shape index (κ2) is 5.93. The van der Waals surface area contributed by atoms with E-state index in [1.165, 1.54) is 31.0 Å². The number of carbonyl (C=O) groups excluding carboxylic acids is 1. The van der Waals surface area contributed by atoms with Crippen LogP contribution in [0.4, 0.5) is 0 Å². The number of benzene rings is 1. The minimum atomic E-state index is -3.76. The summed E-state index contributed by atoms with van der Waals surface area (Å²) < 4.78 is 31.0. The van der Waals surface area contributed by atoms with Gasteiger partial charge >= 0.3 is 5.97 Å². The lowest BCUT2D eigenvalue weighted by Gasteiger charge is -2.21. The fourth-order valence-corrected chi connectivity index (χ4v) is 5.22. The van der Waals surface area contributed by atoms with Gasteiger partial charge in [-0.2, -0.15) is 4.31 Å². The van der Waals surface area contributed by atoms with E-state index in [9.17, 15) is 13.2 Å². The maximum atomic E-state index is 12.6. The summed E-state index contributed by atoms with van der Waals surface area (Å²) in [6.07, 6.45) is 0. The minimum absolute atomic E-state index is 0.0875. The highest BCUT2D eigenvalue weighted by Crippen LogP contribution is 2.32. The van der Waals surface area contributed by atoms with Crippen molar-refractivity contribution in [3.63, 3.8) is 0 Å². The molecule has 0 aromatic heterocycles. The molecule has 110 valence electrons. The van der Waals surface area contributed by atoms with Gasteiger partial charge in [0.1, 0.15) is 0 Å². The summed E-state index contributed by atoms with van der Waals surface area (Å²) in [5.74, 6) is -0.00669. The zero-order chi connectivity index (χ0) is 14.9. The highest BCUT2D eigenvalue weighted by molar-refractivity contribution is 8.02. The average molecular weight is 336 g/mol. The predicted octanol–water partition coefficient (Wildman–Crippen LogP) is 1.89. The van der Waals surface area contributed by atoms with Gasteiger partial charge in [0.25, 0.3) is 0 Å². The summed E-state index contributed by atoms with van der Waals surface area (Å²) in [5, 5.41) is -0.447. The largest absolute Gasteiger partial charge is 0.467 e. The molecule has 1 saturated heterocycles. The third kappa shape index (κ3) is 2.81. The number of methoxy groups -OCH3 is 1. The molecule has 0 radical (unpaired) electrons. The standard InChI is InChI=1S/C12H14ClNO4S2/c1-8-3-4-9(7-10(8)13)20(16,17)14-5-6-19-11(14)12(15)18-2/h3-4,7,11H,5-6H2,1-2H3. The number of rotatable bonds is 3. The van der Waals surface area contributed by atoms with Gasteiger partial charge in [-0.05, 0) is 24.6 Å². The number of thioether (sulfide) groups is 1. The predicted molar refractivity (Wildman–Crippen MR) is 78.3 cm³/mol. The van der Waals surface area contributed by atoms with Crippen molar-refractivity contribution in [2.45, 2.75) is 17.2 Å². The molecule has 0 amide bonds. The molecule has 0 N–H and O–H groups in total. The fraction of sp³-hybridized carbons (Fsp3) is 0.417. The van der Waals surface area contributed by atoms with Crippen molar-refractivity contribution in [3.05, 3.63) is 28.8 Å². The molecule has 1 heterocycles. The second-order valence-electron chi connectivity index (χ2n) is 4.27. The third-order valence-electron chi connectivity index (χ3n) is 3.00. The Kier molecular flexibility index (Phi) is 4.63. The molecule has 5 nitrogen and oxygen atoms in total. The number of esters is 1. The molecule has 0 bridgehead atoms. The van der Waals surface area contributed by atoms with Crippen molar-refractivity contribution >= 4 is 39.4 Å². The van der Waals surface area contributed by atoms with Crippen LogP contribution < -0.4 is 0 Å². The first kappa shape index (κ1) is 15.6. The maximum absolute atomic E-state index is 12.6. The van der Waals surface area contributed by atoms with Gasteiger partial charge in [0.15, 0.2) is 5.37 Å². The highest BCUT2D eigenvalue weighted by atomic mass is 35.5. The number of carbonyl (C=O) groups is 1.